The Labute approximate surface area is 166 Å². The number of rotatable bonds is 3. The molecule has 29 heavy (non-hydrogen) atoms. The zero-order chi connectivity index (χ0) is 20.2. The lowest BCUT2D eigenvalue weighted by Crippen LogP contribution is -2.66. The fourth-order valence-electron chi connectivity index (χ4n) is 5.67. The van der Waals surface area contributed by atoms with Crippen LogP contribution in [0.5, 0.6) is 0 Å². The van der Waals surface area contributed by atoms with E-state index in [0.29, 0.717) is 24.7 Å². The van der Waals surface area contributed by atoms with E-state index < -0.39 is 40.5 Å². The van der Waals surface area contributed by atoms with Gasteiger partial charge in [-0.3, -0.25) is 0 Å². The first-order valence-electron chi connectivity index (χ1n) is 9.86. The largest absolute Gasteiger partial charge is 0.345 e. The number of nitrogens with one attached hydrogen (secondary N) is 2. The van der Waals surface area contributed by atoms with Crippen molar-refractivity contribution in [2.45, 2.75) is 43.4 Å². The first-order valence-corrected chi connectivity index (χ1v) is 9.86. The zero-order valence-corrected chi connectivity index (χ0v) is 15.7. The Morgan fingerprint density at radius 2 is 1.62 bits per heavy atom. The van der Waals surface area contributed by atoms with Gasteiger partial charge in [0.25, 0.3) is 0 Å². The molecule has 0 spiro atoms. The highest BCUT2D eigenvalue weighted by Crippen LogP contribution is 2.60. The van der Waals surface area contributed by atoms with Crippen molar-refractivity contribution in [2.24, 2.45) is 11.8 Å². The fraction of sp³-hybridized carbons (Fsp3) is 0.409. The molecule has 2 atom stereocenters. The maximum atomic E-state index is 13.9. The average Bonchev–Trinajstić information content (AvgIpc) is 2.68. The van der Waals surface area contributed by atoms with Crippen molar-refractivity contribution in [1.82, 2.24) is 5.32 Å². The average molecular weight is 402 g/mol. The van der Waals surface area contributed by atoms with Crippen molar-refractivity contribution in [3.63, 3.8) is 0 Å². The van der Waals surface area contributed by atoms with Crippen LogP contribution < -0.4 is 10.6 Å². The molecule has 152 valence electrons. The Balaban J connectivity index is 1.39. The lowest BCUT2D eigenvalue weighted by molar-refractivity contribution is -0.287. The van der Waals surface area contributed by atoms with Gasteiger partial charge in [0.1, 0.15) is 5.72 Å². The smallest absolute Gasteiger partial charge is 0.321 e. The topological polar surface area (TPSA) is 50.4 Å². The van der Waals surface area contributed by atoms with Gasteiger partial charge >= 0.3 is 6.03 Å². The van der Waals surface area contributed by atoms with E-state index in [1.54, 1.807) is 0 Å². The monoisotopic (exact) mass is 402 g/mol. The lowest BCUT2D eigenvalue weighted by Gasteiger charge is -2.61. The number of carbonyl (C=O) groups is 1. The number of anilines is 1. The fourth-order valence-corrected chi connectivity index (χ4v) is 5.67. The molecule has 7 heteroatoms. The SMILES string of the molecule is O=C(Nc1ccc(F)c(F)c1F)NC12CC3CC(C1)CC(c1ccccc1)(C3)O2. The minimum Gasteiger partial charge on any atom is -0.345 e. The molecule has 2 aliphatic carbocycles. The number of halogens is 3. The predicted octanol–water partition coefficient (Wildman–Crippen LogP) is 5.06. The summed E-state index contributed by atoms with van der Waals surface area (Å²) in [6.45, 7) is 0. The summed E-state index contributed by atoms with van der Waals surface area (Å²) in [6, 6.07) is 11.1. The predicted molar refractivity (Wildman–Crippen MR) is 100 cm³/mol. The third-order valence-electron chi connectivity index (χ3n) is 6.46. The van der Waals surface area contributed by atoms with Crippen molar-refractivity contribution in [3.8, 4) is 0 Å². The molecular formula is C22H21F3N2O2. The summed E-state index contributed by atoms with van der Waals surface area (Å²) < 4.78 is 47.1. The summed E-state index contributed by atoms with van der Waals surface area (Å²) in [5.74, 6) is -3.49. The van der Waals surface area contributed by atoms with Crippen molar-refractivity contribution in [1.29, 1.82) is 0 Å². The van der Waals surface area contributed by atoms with E-state index in [4.69, 9.17) is 4.74 Å². The Morgan fingerprint density at radius 1 is 0.931 bits per heavy atom. The molecule has 0 radical (unpaired) electrons. The Bertz CT molecular complexity index is 952. The maximum absolute atomic E-state index is 13.9. The number of amides is 2. The number of carbonyl (C=O) groups excluding carboxylic acids is 1. The van der Waals surface area contributed by atoms with E-state index in [0.717, 1.165) is 37.0 Å². The van der Waals surface area contributed by atoms with Crippen LogP contribution in [-0.4, -0.2) is 11.8 Å². The number of benzene rings is 2. The number of urea groups is 1. The second kappa shape index (κ2) is 6.49. The maximum Gasteiger partial charge on any atom is 0.321 e. The molecule has 4 aliphatic rings. The van der Waals surface area contributed by atoms with E-state index in [-0.39, 0.29) is 0 Å². The summed E-state index contributed by atoms with van der Waals surface area (Å²) >= 11 is 0. The van der Waals surface area contributed by atoms with Crippen LogP contribution in [0.3, 0.4) is 0 Å². The first kappa shape index (κ1) is 18.5. The van der Waals surface area contributed by atoms with Crippen LogP contribution in [0, 0.1) is 29.3 Å². The van der Waals surface area contributed by atoms with Gasteiger partial charge in [0.15, 0.2) is 17.5 Å². The van der Waals surface area contributed by atoms with Gasteiger partial charge in [-0.1, -0.05) is 30.3 Å². The Hall–Kier alpha value is -2.54. The highest BCUT2D eigenvalue weighted by molar-refractivity contribution is 5.89. The molecule has 0 aromatic heterocycles. The number of hydrogen-bond donors (Lipinski definition) is 2. The second-order valence-electron chi connectivity index (χ2n) is 8.54. The van der Waals surface area contributed by atoms with Crippen molar-refractivity contribution >= 4 is 11.7 Å². The summed E-state index contributed by atoms with van der Waals surface area (Å²) in [4.78, 5) is 12.6. The molecule has 2 heterocycles. The van der Waals surface area contributed by atoms with Gasteiger partial charge in [0.2, 0.25) is 0 Å². The highest BCUT2D eigenvalue weighted by atomic mass is 19.2. The first-order chi connectivity index (χ1) is 13.9. The second-order valence-corrected chi connectivity index (χ2v) is 8.54. The van der Waals surface area contributed by atoms with Crippen molar-refractivity contribution < 1.29 is 22.7 Å². The third-order valence-corrected chi connectivity index (χ3v) is 6.46. The minimum atomic E-state index is -1.61. The van der Waals surface area contributed by atoms with Crippen LogP contribution in [0.15, 0.2) is 42.5 Å². The van der Waals surface area contributed by atoms with Gasteiger partial charge in [-0.15, -0.1) is 0 Å². The van der Waals surface area contributed by atoms with Crippen LogP contribution in [0.4, 0.5) is 23.7 Å². The van der Waals surface area contributed by atoms with Crippen LogP contribution in [0.2, 0.25) is 0 Å². The number of ether oxygens (including phenoxy) is 1. The molecule has 4 fully saturated rings. The zero-order valence-electron chi connectivity index (χ0n) is 15.7. The molecule has 2 saturated heterocycles. The quantitative estimate of drug-likeness (QED) is 0.706. The van der Waals surface area contributed by atoms with Gasteiger partial charge < -0.3 is 15.4 Å². The van der Waals surface area contributed by atoms with Crippen LogP contribution >= 0.6 is 0 Å². The summed E-state index contributed by atoms with van der Waals surface area (Å²) in [5, 5.41) is 5.17. The molecule has 2 N–H and O–H groups in total. The van der Waals surface area contributed by atoms with E-state index in [9.17, 15) is 18.0 Å². The standard InChI is InChI=1S/C22H21F3N2O2/c23-16-6-7-17(19(25)18(16)24)26-20(28)27-22-11-13-8-14(12-22)10-21(9-13,29-22)15-4-2-1-3-5-15/h1-7,13-14H,8-12H2,(H2,26,27,28). The summed E-state index contributed by atoms with van der Waals surface area (Å²) in [6.07, 6.45) is 4.31. The molecule has 4 nitrogen and oxygen atoms in total. The van der Waals surface area contributed by atoms with Gasteiger partial charge in [-0.25, -0.2) is 18.0 Å². The molecule has 2 aromatic carbocycles. The van der Waals surface area contributed by atoms with Crippen molar-refractivity contribution in [3.05, 3.63) is 65.5 Å². The van der Waals surface area contributed by atoms with Gasteiger partial charge in [0.05, 0.1) is 11.3 Å². The highest BCUT2D eigenvalue weighted by Gasteiger charge is 2.60. The van der Waals surface area contributed by atoms with E-state index in [1.807, 2.05) is 18.2 Å². The normalized spacial score (nSPS) is 32.2. The number of hydrogen-bond acceptors (Lipinski definition) is 2. The molecule has 2 amide bonds. The lowest BCUT2D eigenvalue weighted by atomic mass is 9.58. The summed E-state index contributed by atoms with van der Waals surface area (Å²) in [5.41, 5.74) is -0.596. The van der Waals surface area contributed by atoms with E-state index >= 15 is 0 Å². The van der Waals surface area contributed by atoms with Gasteiger partial charge in [0, 0.05) is 0 Å². The van der Waals surface area contributed by atoms with Crippen molar-refractivity contribution in [2.75, 3.05) is 5.32 Å². The third kappa shape index (κ3) is 3.08. The van der Waals surface area contributed by atoms with Crippen LogP contribution in [-0.2, 0) is 10.3 Å². The molecule has 4 bridgehead atoms. The van der Waals surface area contributed by atoms with Crippen LogP contribution in [0.25, 0.3) is 0 Å². The van der Waals surface area contributed by atoms with E-state index in [1.165, 1.54) is 0 Å². The Morgan fingerprint density at radius 3 is 2.31 bits per heavy atom. The molecule has 2 aliphatic heterocycles. The van der Waals surface area contributed by atoms with Gasteiger partial charge in [-0.05, 0) is 61.6 Å². The molecular weight excluding hydrogens is 381 g/mol. The molecule has 6 rings (SSSR count). The van der Waals surface area contributed by atoms with Gasteiger partial charge in [-0.2, -0.15) is 0 Å². The molecule has 2 unspecified atom stereocenters. The summed E-state index contributed by atoms with van der Waals surface area (Å²) in [7, 11) is 0. The van der Waals surface area contributed by atoms with E-state index in [2.05, 4.69) is 22.8 Å². The molecule has 2 saturated carbocycles. The molecule has 2 aromatic rings. The van der Waals surface area contributed by atoms with Crippen LogP contribution in [0.1, 0.15) is 37.7 Å². The minimum absolute atomic E-state index is 0.413. The Kier molecular flexibility index (Phi) is 4.13.